The molecule has 326 valence electrons. The topological polar surface area (TPSA) is 274 Å². The lowest BCUT2D eigenvalue weighted by Gasteiger charge is -2.49. The molecule has 0 aromatic carbocycles. The van der Waals surface area contributed by atoms with Gasteiger partial charge in [-0.25, -0.2) is 0 Å². The lowest BCUT2D eigenvalue weighted by molar-refractivity contribution is -0.372. The van der Waals surface area contributed by atoms with Crippen LogP contribution in [0.15, 0.2) is 0 Å². The van der Waals surface area contributed by atoms with E-state index in [1.165, 1.54) is 6.92 Å². The maximum absolute atomic E-state index is 12.7. The summed E-state index contributed by atoms with van der Waals surface area (Å²) in [6.45, 7) is 9.95. The zero-order valence-electron chi connectivity index (χ0n) is 33.7. The quantitative estimate of drug-likeness (QED) is 0.154. The van der Waals surface area contributed by atoms with Crippen LogP contribution in [-0.2, 0) is 105 Å². The summed E-state index contributed by atoms with van der Waals surface area (Å²) in [7, 11) is 0. The minimum Gasteiger partial charge on any atom is -0.463 e. The standard InChI is InChI=1S/C36H50O22/c1-14(37)24-11-25(49-18(5)40)34(48-15(24)2)57-28-26(12-46-16(3)38)56-36(33(53-22(9)44)30(28)50-19(6)41)58-29-27(13-47-17(4)39)55-35(54-23(10)45)32(52-21(8)43)31(29)51-20(7)42/h15,24-36H,11-13H2,1-10H3/t15?,24-,25+,26?,27?,28-,29-,30?,31?,32+,33+,34-,35-,36-/m1/s1. The number of esters is 8. The molecule has 0 saturated carbocycles. The predicted molar refractivity (Wildman–Crippen MR) is 183 cm³/mol. The molecule has 3 heterocycles. The highest BCUT2D eigenvalue weighted by molar-refractivity contribution is 5.79. The van der Waals surface area contributed by atoms with Gasteiger partial charge in [0.2, 0.25) is 12.4 Å². The van der Waals surface area contributed by atoms with Crippen LogP contribution in [0.4, 0.5) is 0 Å². The largest absolute Gasteiger partial charge is 0.463 e. The van der Waals surface area contributed by atoms with E-state index >= 15 is 0 Å². The molecule has 22 nitrogen and oxygen atoms in total. The Morgan fingerprint density at radius 1 is 0.431 bits per heavy atom. The maximum atomic E-state index is 12.7. The zero-order chi connectivity index (χ0) is 43.6. The molecule has 0 aliphatic carbocycles. The Morgan fingerprint density at radius 3 is 1.21 bits per heavy atom. The van der Waals surface area contributed by atoms with Crippen LogP contribution in [-0.4, -0.2) is 147 Å². The fraction of sp³-hybridized carbons (Fsp3) is 0.750. The van der Waals surface area contributed by atoms with E-state index in [4.69, 9.17) is 61.6 Å². The molecule has 14 atom stereocenters. The molecule has 3 saturated heterocycles. The molecule has 0 amide bonds. The third-order valence-corrected chi connectivity index (χ3v) is 8.70. The third kappa shape index (κ3) is 13.7. The summed E-state index contributed by atoms with van der Waals surface area (Å²) < 4.78 is 74.2. The number of carbonyl (C=O) groups excluding carboxylic acids is 9. The normalized spacial score (nSPS) is 33.3. The predicted octanol–water partition coefficient (Wildman–Crippen LogP) is -0.105. The maximum Gasteiger partial charge on any atom is 0.305 e. The highest BCUT2D eigenvalue weighted by atomic mass is 16.8. The molecule has 3 rings (SSSR count). The average molecular weight is 835 g/mol. The van der Waals surface area contributed by atoms with Crippen LogP contribution in [0.5, 0.6) is 0 Å². The van der Waals surface area contributed by atoms with Crippen LogP contribution in [0.2, 0.25) is 0 Å². The van der Waals surface area contributed by atoms with Gasteiger partial charge in [-0.1, -0.05) is 0 Å². The summed E-state index contributed by atoms with van der Waals surface area (Å²) >= 11 is 0. The molecule has 0 N–H and O–H groups in total. The summed E-state index contributed by atoms with van der Waals surface area (Å²) in [5.74, 6) is -8.04. The molecule has 0 bridgehead atoms. The van der Waals surface area contributed by atoms with E-state index in [9.17, 15) is 43.2 Å². The van der Waals surface area contributed by atoms with E-state index in [0.29, 0.717) is 0 Å². The number of rotatable bonds is 15. The number of carbonyl (C=O) groups is 9. The lowest BCUT2D eigenvalue weighted by Crippen LogP contribution is -2.68. The van der Waals surface area contributed by atoms with E-state index in [1.807, 2.05) is 0 Å². The summed E-state index contributed by atoms with van der Waals surface area (Å²) in [5, 5.41) is 0. The molecular formula is C36H50O22. The molecule has 0 spiro atoms. The van der Waals surface area contributed by atoms with Crippen molar-refractivity contribution in [1.82, 2.24) is 0 Å². The van der Waals surface area contributed by atoms with Crippen molar-refractivity contribution in [1.29, 1.82) is 0 Å². The Balaban J connectivity index is 2.20. The SMILES string of the molecule is CC(=O)OCC1O[C@H](O[C@@H]2C(COC(C)=O)O[C@@H](OC(C)=O)[C@@H](OC(C)=O)C2OC(C)=O)[C@@H](OC(C)=O)C(OC(C)=O)[C@@H]1O[C@H]1OC(C)[C@@H](C(C)=O)C[C@@H]1OC(C)=O. The first-order valence-corrected chi connectivity index (χ1v) is 18.2. The van der Waals surface area contributed by atoms with E-state index < -0.39 is 147 Å². The van der Waals surface area contributed by atoms with Gasteiger partial charge in [0, 0.05) is 67.7 Å². The van der Waals surface area contributed by atoms with Gasteiger partial charge in [-0.2, -0.15) is 0 Å². The average Bonchev–Trinajstić information content (AvgIpc) is 3.07. The van der Waals surface area contributed by atoms with Gasteiger partial charge in [0.25, 0.3) is 0 Å². The number of ether oxygens (including phenoxy) is 13. The highest BCUT2D eigenvalue weighted by Gasteiger charge is 2.58. The van der Waals surface area contributed by atoms with Crippen molar-refractivity contribution < 1.29 is 105 Å². The van der Waals surface area contributed by atoms with Crippen LogP contribution < -0.4 is 0 Å². The van der Waals surface area contributed by atoms with Crippen molar-refractivity contribution in [3.63, 3.8) is 0 Å². The summed E-state index contributed by atoms with van der Waals surface area (Å²) in [6, 6.07) is 0. The Bertz CT molecular complexity index is 1540. The van der Waals surface area contributed by atoms with Gasteiger partial charge in [-0.05, 0) is 13.8 Å². The van der Waals surface area contributed by atoms with Crippen LogP contribution >= 0.6 is 0 Å². The lowest BCUT2D eigenvalue weighted by atomic mass is 9.89. The highest BCUT2D eigenvalue weighted by Crippen LogP contribution is 2.38. The number of ketones is 1. The van der Waals surface area contributed by atoms with Gasteiger partial charge in [0.15, 0.2) is 37.0 Å². The Labute approximate surface area is 332 Å². The van der Waals surface area contributed by atoms with E-state index in [2.05, 4.69) is 0 Å². The van der Waals surface area contributed by atoms with Crippen LogP contribution in [0.25, 0.3) is 0 Å². The second-order valence-corrected chi connectivity index (χ2v) is 13.6. The van der Waals surface area contributed by atoms with Gasteiger partial charge in [-0.15, -0.1) is 0 Å². The summed E-state index contributed by atoms with van der Waals surface area (Å²) in [4.78, 5) is 111. The van der Waals surface area contributed by atoms with Crippen LogP contribution in [0.3, 0.4) is 0 Å². The van der Waals surface area contributed by atoms with Crippen molar-refractivity contribution in [2.24, 2.45) is 5.92 Å². The molecule has 3 aliphatic rings. The first kappa shape index (κ1) is 47.6. The molecule has 0 aromatic rings. The van der Waals surface area contributed by atoms with Gasteiger partial charge in [0.1, 0.15) is 43.4 Å². The van der Waals surface area contributed by atoms with Crippen molar-refractivity contribution in [3.8, 4) is 0 Å². The van der Waals surface area contributed by atoms with Crippen LogP contribution in [0.1, 0.15) is 75.7 Å². The Kier molecular flexibility index (Phi) is 17.5. The van der Waals surface area contributed by atoms with Crippen molar-refractivity contribution in [2.75, 3.05) is 13.2 Å². The Hall–Kier alpha value is -4.77. The molecule has 0 aromatic heterocycles. The zero-order valence-corrected chi connectivity index (χ0v) is 33.7. The number of hydrogen-bond acceptors (Lipinski definition) is 22. The van der Waals surface area contributed by atoms with Gasteiger partial charge < -0.3 is 61.6 Å². The Morgan fingerprint density at radius 2 is 0.810 bits per heavy atom. The second-order valence-electron chi connectivity index (χ2n) is 13.6. The van der Waals surface area contributed by atoms with Gasteiger partial charge >= 0.3 is 47.8 Å². The molecule has 3 fully saturated rings. The molecule has 3 aliphatic heterocycles. The van der Waals surface area contributed by atoms with E-state index in [1.54, 1.807) is 6.92 Å². The number of Topliss-reactive ketones (excluding diaryl/α,β-unsaturated/α-hetero) is 1. The fourth-order valence-corrected chi connectivity index (χ4v) is 6.60. The third-order valence-electron chi connectivity index (χ3n) is 8.70. The second kappa shape index (κ2) is 21.3. The van der Waals surface area contributed by atoms with Crippen molar-refractivity contribution in [3.05, 3.63) is 0 Å². The molecule has 22 heteroatoms. The van der Waals surface area contributed by atoms with Gasteiger partial charge in [0.05, 0.1) is 6.10 Å². The summed E-state index contributed by atoms with van der Waals surface area (Å²) in [6.07, 6.45) is -20.4. The van der Waals surface area contributed by atoms with Crippen molar-refractivity contribution >= 4 is 53.5 Å². The minimum atomic E-state index is -1.90. The first-order valence-electron chi connectivity index (χ1n) is 18.2. The smallest absolute Gasteiger partial charge is 0.305 e. The molecule has 0 radical (unpaired) electrons. The van der Waals surface area contributed by atoms with Gasteiger partial charge in [-0.3, -0.25) is 43.2 Å². The van der Waals surface area contributed by atoms with E-state index in [0.717, 1.165) is 55.4 Å². The molecule has 5 unspecified atom stereocenters. The monoisotopic (exact) mass is 834 g/mol. The van der Waals surface area contributed by atoms with Crippen molar-refractivity contribution in [2.45, 2.75) is 156 Å². The minimum absolute atomic E-state index is 0.0406. The van der Waals surface area contributed by atoms with E-state index in [-0.39, 0.29) is 12.2 Å². The molecular weight excluding hydrogens is 784 g/mol. The van der Waals surface area contributed by atoms with Crippen LogP contribution in [0, 0.1) is 5.92 Å². The molecule has 58 heavy (non-hydrogen) atoms. The number of hydrogen-bond donors (Lipinski definition) is 0. The summed E-state index contributed by atoms with van der Waals surface area (Å²) in [5.41, 5.74) is 0. The first-order chi connectivity index (χ1) is 27.1. The fourth-order valence-electron chi connectivity index (χ4n) is 6.60.